The molecule has 0 unspecified atom stereocenters. The van der Waals surface area contributed by atoms with Gasteiger partial charge >= 0.3 is 0 Å². The molecule has 2 aromatic carbocycles. The minimum Gasteiger partial charge on any atom is -0.486 e. The molecule has 0 aromatic heterocycles. The zero-order valence-corrected chi connectivity index (χ0v) is 16.7. The quantitative estimate of drug-likeness (QED) is 0.644. The predicted molar refractivity (Wildman–Crippen MR) is 105 cm³/mol. The van der Waals surface area contributed by atoms with Crippen molar-refractivity contribution in [2.24, 2.45) is 0 Å². The fourth-order valence-corrected chi connectivity index (χ4v) is 4.28. The van der Waals surface area contributed by atoms with E-state index in [0.29, 0.717) is 42.3 Å². The summed E-state index contributed by atoms with van der Waals surface area (Å²) in [5.41, 5.74) is 0.571. The lowest BCUT2D eigenvalue weighted by molar-refractivity contribution is -0.00581. The molecule has 1 spiro atoms. The Kier molecular flexibility index (Phi) is 4.84. The van der Waals surface area contributed by atoms with Gasteiger partial charge in [0.05, 0.1) is 22.6 Å². The zero-order valence-electron chi connectivity index (χ0n) is 15.2. The fraction of sp³-hybridized carbons (Fsp3) is 0.333. The van der Waals surface area contributed by atoms with Gasteiger partial charge in [0.2, 0.25) is 0 Å². The Labute approximate surface area is 172 Å². The molecule has 1 fully saturated rings. The molecule has 0 aliphatic carbocycles. The molecule has 2 heterocycles. The number of halogens is 3. The number of ether oxygens (including phenoxy) is 1. The summed E-state index contributed by atoms with van der Waals surface area (Å²) in [7, 11) is 0. The van der Waals surface area contributed by atoms with E-state index in [1.807, 2.05) is 6.92 Å². The zero-order chi connectivity index (χ0) is 20.1. The molecule has 0 atom stereocenters. The number of rotatable bonds is 1. The van der Waals surface area contributed by atoms with E-state index in [2.05, 4.69) is 0 Å². The van der Waals surface area contributed by atoms with Gasteiger partial charge < -0.3 is 9.64 Å². The van der Waals surface area contributed by atoms with Crippen LogP contribution in [-0.4, -0.2) is 35.3 Å². The van der Waals surface area contributed by atoms with Crippen LogP contribution in [0, 0.1) is 12.7 Å². The van der Waals surface area contributed by atoms with Gasteiger partial charge in [-0.3, -0.25) is 9.59 Å². The topological polar surface area (TPSA) is 46.6 Å². The highest BCUT2D eigenvalue weighted by atomic mass is 35.5. The van der Waals surface area contributed by atoms with Gasteiger partial charge in [-0.1, -0.05) is 29.3 Å². The highest BCUT2D eigenvalue weighted by Crippen LogP contribution is 2.41. The van der Waals surface area contributed by atoms with Crippen molar-refractivity contribution in [2.75, 3.05) is 13.1 Å². The third-order valence-corrected chi connectivity index (χ3v) is 6.23. The predicted octanol–water partition coefficient (Wildman–Crippen LogP) is 5.08. The first kappa shape index (κ1) is 19.2. The van der Waals surface area contributed by atoms with E-state index in [4.69, 9.17) is 27.9 Å². The molecule has 4 nitrogen and oxygen atoms in total. The molecule has 2 aliphatic rings. The summed E-state index contributed by atoms with van der Waals surface area (Å²) >= 11 is 12.2. The monoisotopic (exact) mass is 421 g/mol. The summed E-state index contributed by atoms with van der Waals surface area (Å²) in [4.78, 5) is 27.0. The number of amides is 1. The van der Waals surface area contributed by atoms with Crippen molar-refractivity contribution < 1.29 is 18.7 Å². The molecule has 146 valence electrons. The lowest BCUT2D eigenvalue weighted by Gasteiger charge is -2.44. The van der Waals surface area contributed by atoms with Crippen molar-refractivity contribution in [3.63, 3.8) is 0 Å². The first-order valence-electron chi connectivity index (χ1n) is 9.05. The van der Waals surface area contributed by atoms with Crippen molar-refractivity contribution in [1.82, 2.24) is 4.90 Å². The van der Waals surface area contributed by atoms with E-state index in [1.165, 1.54) is 18.2 Å². The Morgan fingerprint density at radius 1 is 1.18 bits per heavy atom. The van der Waals surface area contributed by atoms with Crippen LogP contribution in [0.15, 0.2) is 30.3 Å². The van der Waals surface area contributed by atoms with E-state index in [9.17, 15) is 14.0 Å². The van der Waals surface area contributed by atoms with E-state index >= 15 is 0 Å². The second-order valence-electron chi connectivity index (χ2n) is 7.37. The minimum absolute atomic E-state index is 0.0138. The Morgan fingerprint density at radius 2 is 1.89 bits per heavy atom. The number of Topliss-reactive ketones (excluding diaryl/α,β-unsaturated/α-hetero) is 1. The Balaban J connectivity index is 1.53. The van der Waals surface area contributed by atoms with Crippen molar-refractivity contribution in [3.8, 4) is 5.75 Å². The van der Waals surface area contributed by atoms with E-state index < -0.39 is 17.3 Å². The summed E-state index contributed by atoms with van der Waals surface area (Å²) in [6, 6.07) is 7.62. The molecule has 2 aromatic rings. The molecule has 1 amide bonds. The van der Waals surface area contributed by atoms with Gasteiger partial charge in [-0.2, -0.15) is 0 Å². The molecule has 0 radical (unpaired) electrons. The smallest absolute Gasteiger partial charge is 0.258 e. The highest BCUT2D eigenvalue weighted by Gasteiger charge is 2.44. The molecule has 2 aliphatic heterocycles. The molecular weight excluding hydrogens is 404 g/mol. The maximum Gasteiger partial charge on any atom is 0.258 e. The summed E-state index contributed by atoms with van der Waals surface area (Å²) in [6.07, 6.45) is 1.21. The molecule has 0 saturated carbocycles. The Morgan fingerprint density at radius 3 is 2.57 bits per heavy atom. The van der Waals surface area contributed by atoms with Gasteiger partial charge in [-0.05, 0) is 36.8 Å². The SMILES string of the molecule is Cc1cc2c(cc1Cl)C(=O)CC1(CCN(C(=O)c3c(F)cccc3Cl)CC1)O2. The maximum atomic E-state index is 14.1. The second-order valence-corrected chi connectivity index (χ2v) is 8.19. The van der Waals surface area contributed by atoms with Gasteiger partial charge in [-0.25, -0.2) is 4.39 Å². The number of fused-ring (bicyclic) bond motifs is 1. The first-order chi connectivity index (χ1) is 13.3. The molecule has 1 saturated heterocycles. The first-order valence-corrected chi connectivity index (χ1v) is 9.81. The Bertz CT molecular complexity index is 964. The number of aryl methyl sites for hydroxylation is 1. The van der Waals surface area contributed by atoms with Gasteiger partial charge in [0.1, 0.15) is 17.2 Å². The number of likely N-dealkylation sites (tertiary alicyclic amines) is 1. The average molecular weight is 422 g/mol. The molecule has 0 bridgehead atoms. The van der Waals surface area contributed by atoms with Crippen LogP contribution in [0.2, 0.25) is 10.0 Å². The fourth-order valence-electron chi connectivity index (χ4n) is 3.87. The van der Waals surface area contributed by atoms with Crippen LogP contribution in [-0.2, 0) is 0 Å². The summed E-state index contributed by atoms with van der Waals surface area (Å²) in [6.45, 7) is 2.58. The molecule has 7 heteroatoms. The van der Waals surface area contributed by atoms with Gasteiger partial charge in [0.25, 0.3) is 5.91 Å². The second kappa shape index (κ2) is 7.05. The highest BCUT2D eigenvalue weighted by molar-refractivity contribution is 6.33. The average Bonchev–Trinajstić information content (AvgIpc) is 2.64. The summed E-state index contributed by atoms with van der Waals surface area (Å²) in [5, 5.41) is 0.629. The molecular formula is C21H18Cl2FNO3. The van der Waals surface area contributed by atoms with Gasteiger partial charge in [-0.15, -0.1) is 0 Å². The van der Waals surface area contributed by atoms with Crippen LogP contribution < -0.4 is 4.74 Å². The summed E-state index contributed by atoms with van der Waals surface area (Å²) < 4.78 is 20.3. The van der Waals surface area contributed by atoms with Crippen LogP contribution in [0.1, 0.15) is 45.5 Å². The number of benzene rings is 2. The lowest BCUT2D eigenvalue weighted by atomic mass is 9.82. The van der Waals surface area contributed by atoms with Gasteiger partial charge in [0, 0.05) is 31.0 Å². The van der Waals surface area contributed by atoms with Crippen LogP contribution in [0.5, 0.6) is 5.75 Å². The molecule has 4 rings (SSSR count). The summed E-state index contributed by atoms with van der Waals surface area (Å²) in [5.74, 6) is -0.554. The van der Waals surface area contributed by atoms with Crippen LogP contribution in [0.3, 0.4) is 0 Å². The molecule has 0 N–H and O–H groups in total. The number of ketones is 1. The van der Waals surface area contributed by atoms with Crippen molar-refractivity contribution >= 4 is 34.9 Å². The normalized spacial score (nSPS) is 18.0. The number of hydrogen-bond donors (Lipinski definition) is 0. The number of piperidine rings is 1. The number of nitrogens with zero attached hydrogens (tertiary/aromatic N) is 1. The largest absolute Gasteiger partial charge is 0.486 e. The number of carbonyl (C=O) groups excluding carboxylic acids is 2. The minimum atomic E-state index is -0.653. The van der Waals surface area contributed by atoms with Crippen molar-refractivity contribution in [3.05, 3.63) is 62.9 Å². The maximum absolute atomic E-state index is 14.1. The van der Waals surface area contributed by atoms with E-state index in [1.54, 1.807) is 17.0 Å². The van der Waals surface area contributed by atoms with E-state index in [-0.39, 0.29) is 22.8 Å². The van der Waals surface area contributed by atoms with Crippen LogP contribution in [0.4, 0.5) is 4.39 Å². The number of carbonyl (C=O) groups is 2. The number of hydrogen-bond acceptors (Lipinski definition) is 3. The van der Waals surface area contributed by atoms with Crippen LogP contribution in [0.25, 0.3) is 0 Å². The third kappa shape index (κ3) is 3.27. The lowest BCUT2D eigenvalue weighted by Crippen LogP contribution is -2.52. The van der Waals surface area contributed by atoms with Crippen LogP contribution >= 0.6 is 23.2 Å². The Hall–Kier alpha value is -2.11. The third-order valence-electron chi connectivity index (χ3n) is 5.51. The van der Waals surface area contributed by atoms with Crippen molar-refractivity contribution in [1.29, 1.82) is 0 Å². The standard InChI is InChI=1S/C21H18Cl2FNO3/c1-12-9-18-13(10-15(12)23)17(26)11-21(28-18)5-7-25(8-6-21)20(27)19-14(22)3-2-4-16(19)24/h2-4,9-10H,5-8,11H2,1H3. The van der Waals surface area contributed by atoms with Gasteiger partial charge in [0.15, 0.2) is 5.78 Å². The van der Waals surface area contributed by atoms with E-state index in [0.717, 1.165) is 5.56 Å². The molecule has 28 heavy (non-hydrogen) atoms. The van der Waals surface area contributed by atoms with Crippen molar-refractivity contribution in [2.45, 2.75) is 31.8 Å².